The van der Waals surface area contributed by atoms with Gasteiger partial charge >= 0.3 is 0 Å². The lowest BCUT2D eigenvalue weighted by atomic mass is 9.91. The smallest absolute Gasteiger partial charge is 0.221 e. The van der Waals surface area contributed by atoms with Crippen molar-refractivity contribution in [3.8, 4) is 0 Å². The fraction of sp³-hybridized carbons (Fsp3) is 0.625. The average Bonchev–Trinajstić information content (AvgIpc) is 2.87. The van der Waals surface area contributed by atoms with E-state index in [9.17, 15) is 4.79 Å². The Morgan fingerprint density at radius 3 is 3.00 bits per heavy atom. The Morgan fingerprint density at radius 2 is 2.25 bits per heavy atom. The molecule has 1 aliphatic carbocycles. The molecular formula is C16H23N3O. The number of nitrogens with two attached hydrogens (primary N) is 1. The van der Waals surface area contributed by atoms with E-state index < -0.39 is 0 Å². The van der Waals surface area contributed by atoms with Gasteiger partial charge in [-0.1, -0.05) is 0 Å². The molecule has 2 aliphatic rings. The van der Waals surface area contributed by atoms with Crippen LogP contribution in [-0.4, -0.2) is 28.9 Å². The van der Waals surface area contributed by atoms with Gasteiger partial charge in [-0.05, 0) is 62.8 Å². The van der Waals surface area contributed by atoms with E-state index in [1.165, 1.54) is 29.7 Å². The summed E-state index contributed by atoms with van der Waals surface area (Å²) in [4.78, 5) is 18.3. The van der Waals surface area contributed by atoms with Crippen LogP contribution in [0.4, 0.5) is 0 Å². The molecule has 2 N–H and O–H groups in total. The molecule has 0 bridgehead atoms. The molecule has 1 fully saturated rings. The summed E-state index contributed by atoms with van der Waals surface area (Å²) >= 11 is 0. The number of nitrogens with zero attached hydrogens (tertiary/aromatic N) is 2. The number of carbonyl (C=O) groups excluding carboxylic acids is 1. The van der Waals surface area contributed by atoms with Gasteiger partial charge in [0, 0.05) is 24.5 Å². The van der Waals surface area contributed by atoms with Crippen LogP contribution in [0.1, 0.15) is 41.8 Å². The van der Waals surface area contributed by atoms with Crippen molar-refractivity contribution in [2.75, 3.05) is 13.1 Å². The molecule has 0 spiro atoms. The van der Waals surface area contributed by atoms with Gasteiger partial charge in [0.15, 0.2) is 0 Å². The first kappa shape index (κ1) is 13.6. The highest BCUT2D eigenvalue weighted by Crippen LogP contribution is 2.26. The molecule has 20 heavy (non-hydrogen) atoms. The Balaban J connectivity index is 1.78. The highest BCUT2D eigenvalue weighted by atomic mass is 16.1. The lowest BCUT2D eigenvalue weighted by Crippen LogP contribution is -2.27. The van der Waals surface area contributed by atoms with E-state index in [1.807, 2.05) is 0 Å². The van der Waals surface area contributed by atoms with Crippen molar-refractivity contribution < 1.29 is 4.79 Å². The number of amides is 1. The Hall–Kier alpha value is -1.42. The fourth-order valence-corrected chi connectivity index (χ4v) is 3.53. The number of carbonyl (C=O) groups is 1. The molecule has 1 unspecified atom stereocenters. The molecule has 108 valence electrons. The minimum absolute atomic E-state index is 0.0359. The Kier molecular flexibility index (Phi) is 3.74. The van der Waals surface area contributed by atoms with Crippen molar-refractivity contribution >= 4 is 5.91 Å². The van der Waals surface area contributed by atoms with Crippen molar-refractivity contribution in [1.82, 2.24) is 9.88 Å². The zero-order valence-corrected chi connectivity index (χ0v) is 12.2. The van der Waals surface area contributed by atoms with E-state index >= 15 is 0 Å². The number of primary amides is 1. The highest BCUT2D eigenvalue weighted by molar-refractivity contribution is 5.77. The lowest BCUT2D eigenvalue weighted by molar-refractivity contribution is -0.121. The quantitative estimate of drug-likeness (QED) is 0.909. The van der Waals surface area contributed by atoms with Crippen molar-refractivity contribution in [3.05, 3.63) is 28.6 Å². The average molecular weight is 273 g/mol. The van der Waals surface area contributed by atoms with Gasteiger partial charge in [0.25, 0.3) is 0 Å². The molecular weight excluding hydrogens is 250 g/mol. The second-order valence-electron chi connectivity index (χ2n) is 6.18. The normalized spacial score (nSPS) is 22.8. The summed E-state index contributed by atoms with van der Waals surface area (Å²) in [7, 11) is 0. The van der Waals surface area contributed by atoms with E-state index in [1.54, 1.807) is 0 Å². The number of rotatable bonds is 3. The Morgan fingerprint density at radius 1 is 1.45 bits per heavy atom. The van der Waals surface area contributed by atoms with Gasteiger partial charge in [0.2, 0.25) is 5.91 Å². The van der Waals surface area contributed by atoms with Crippen LogP contribution in [0.3, 0.4) is 0 Å². The summed E-state index contributed by atoms with van der Waals surface area (Å²) in [5.41, 5.74) is 10.7. The summed E-state index contributed by atoms with van der Waals surface area (Å²) in [6.45, 7) is 4.80. The molecule has 1 aromatic heterocycles. The Labute approximate surface area is 120 Å². The van der Waals surface area contributed by atoms with Crippen LogP contribution in [0, 0.1) is 12.8 Å². The number of hydrogen-bond acceptors (Lipinski definition) is 3. The van der Waals surface area contributed by atoms with Crippen LogP contribution in [0.15, 0.2) is 6.07 Å². The maximum Gasteiger partial charge on any atom is 0.221 e. The van der Waals surface area contributed by atoms with Crippen LogP contribution in [-0.2, 0) is 24.2 Å². The topological polar surface area (TPSA) is 59.2 Å². The molecule has 1 aromatic rings. The summed E-state index contributed by atoms with van der Waals surface area (Å²) < 4.78 is 0. The first-order valence-electron chi connectivity index (χ1n) is 7.63. The van der Waals surface area contributed by atoms with Crippen molar-refractivity contribution in [2.45, 2.75) is 45.6 Å². The molecule has 4 nitrogen and oxygen atoms in total. The second-order valence-corrected chi connectivity index (χ2v) is 6.18. The predicted molar refractivity (Wildman–Crippen MR) is 78.2 cm³/mol. The standard InChI is InChI=1S/C16H23N3O/c1-11-8-13(14-4-2-3-5-15(14)18-11)10-19-7-6-12(9-19)16(17)20/h8,12H,2-7,9-10H2,1H3,(H2,17,20). The third kappa shape index (κ3) is 2.70. The zero-order chi connectivity index (χ0) is 14.1. The molecule has 1 aliphatic heterocycles. The van der Waals surface area contributed by atoms with Crippen molar-refractivity contribution in [2.24, 2.45) is 11.7 Å². The van der Waals surface area contributed by atoms with Crippen LogP contribution in [0.2, 0.25) is 0 Å². The summed E-state index contributed by atoms with van der Waals surface area (Å²) in [5, 5.41) is 0. The maximum absolute atomic E-state index is 11.3. The van der Waals surface area contributed by atoms with Gasteiger partial charge in [-0.25, -0.2) is 0 Å². The molecule has 4 heteroatoms. The van der Waals surface area contributed by atoms with Crippen LogP contribution < -0.4 is 5.73 Å². The lowest BCUT2D eigenvalue weighted by Gasteiger charge is -2.23. The van der Waals surface area contributed by atoms with Gasteiger partial charge in [0.05, 0.1) is 5.92 Å². The maximum atomic E-state index is 11.3. The van der Waals surface area contributed by atoms with Crippen molar-refractivity contribution in [3.63, 3.8) is 0 Å². The van der Waals surface area contributed by atoms with Gasteiger partial charge in [-0.2, -0.15) is 0 Å². The summed E-state index contributed by atoms with van der Waals surface area (Å²) in [6, 6.07) is 2.22. The first-order valence-corrected chi connectivity index (χ1v) is 7.63. The molecule has 1 atom stereocenters. The zero-order valence-electron chi connectivity index (χ0n) is 12.2. The summed E-state index contributed by atoms with van der Waals surface area (Å²) in [6.07, 6.45) is 5.71. The SMILES string of the molecule is Cc1cc(CN2CCC(C(N)=O)C2)c2c(n1)CCCC2. The van der Waals surface area contributed by atoms with Crippen LogP contribution in [0.25, 0.3) is 0 Å². The molecule has 0 aromatic carbocycles. The number of hydrogen-bond donors (Lipinski definition) is 1. The third-order valence-electron chi connectivity index (χ3n) is 4.59. The van der Waals surface area contributed by atoms with Gasteiger partial charge in [-0.3, -0.25) is 14.7 Å². The second kappa shape index (κ2) is 5.52. The number of fused-ring (bicyclic) bond motifs is 1. The number of likely N-dealkylation sites (tertiary alicyclic amines) is 1. The van der Waals surface area contributed by atoms with E-state index in [4.69, 9.17) is 10.7 Å². The van der Waals surface area contributed by atoms with Crippen LogP contribution >= 0.6 is 0 Å². The van der Waals surface area contributed by atoms with Gasteiger partial charge in [0.1, 0.15) is 0 Å². The van der Waals surface area contributed by atoms with Crippen molar-refractivity contribution in [1.29, 1.82) is 0 Å². The van der Waals surface area contributed by atoms with E-state index in [-0.39, 0.29) is 11.8 Å². The largest absolute Gasteiger partial charge is 0.369 e. The number of aromatic nitrogens is 1. The molecule has 2 heterocycles. The molecule has 1 saturated heterocycles. The number of pyridine rings is 1. The van der Waals surface area contributed by atoms with Gasteiger partial charge < -0.3 is 5.73 Å². The van der Waals surface area contributed by atoms with Gasteiger partial charge in [-0.15, -0.1) is 0 Å². The first-order chi connectivity index (χ1) is 9.63. The highest BCUT2D eigenvalue weighted by Gasteiger charge is 2.27. The molecule has 0 saturated carbocycles. The molecule has 0 radical (unpaired) electrons. The van der Waals surface area contributed by atoms with E-state index in [2.05, 4.69) is 17.9 Å². The molecule has 1 amide bonds. The van der Waals surface area contributed by atoms with E-state index in [0.717, 1.165) is 44.6 Å². The minimum Gasteiger partial charge on any atom is -0.369 e. The summed E-state index contributed by atoms with van der Waals surface area (Å²) in [5.74, 6) is -0.116. The Bertz CT molecular complexity index is 527. The minimum atomic E-state index is -0.152. The number of aryl methyl sites for hydroxylation is 2. The fourth-order valence-electron chi connectivity index (χ4n) is 3.53. The monoisotopic (exact) mass is 273 g/mol. The van der Waals surface area contributed by atoms with Crippen LogP contribution in [0.5, 0.6) is 0 Å². The third-order valence-corrected chi connectivity index (χ3v) is 4.59. The predicted octanol–water partition coefficient (Wildman–Crippen LogP) is 1.58. The molecule has 3 rings (SSSR count). The van der Waals surface area contributed by atoms with E-state index in [0.29, 0.717) is 0 Å².